The van der Waals surface area contributed by atoms with Crippen molar-refractivity contribution < 1.29 is 32.5 Å². The predicted molar refractivity (Wildman–Crippen MR) is 190 cm³/mol. The van der Waals surface area contributed by atoms with Crippen LogP contribution in [-0.4, -0.2) is 102 Å². The van der Waals surface area contributed by atoms with E-state index in [0.717, 1.165) is 38.6 Å². The summed E-state index contributed by atoms with van der Waals surface area (Å²) in [7, 11) is 0. The highest BCUT2D eigenvalue weighted by atomic mass is 19.3. The van der Waals surface area contributed by atoms with Gasteiger partial charge in [-0.15, -0.1) is 6.42 Å². The van der Waals surface area contributed by atoms with Crippen molar-refractivity contribution in [2.45, 2.75) is 63.5 Å². The molecule has 5 unspecified atom stereocenters. The van der Waals surface area contributed by atoms with Crippen molar-refractivity contribution in [1.29, 1.82) is 0 Å². The molecule has 5 atom stereocenters. The molecule has 3 aliphatic heterocycles. The second kappa shape index (κ2) is 13.2. The lowest BCUT2D eigenvalue weighted by atomic mass is 9.74. The molecule has 2 aromatic carbocycles. The van der Waals surface area contributed by atoms with Gasteiger partial charge in [-0.3, -0.25) is 14.9 Å². The number of hydrogen-bond donors (Lipinski definition) is 2. The van der Waals surface area contributed by atoms with E-state index in [0.29, 0.717) is 18.5 Å². The highest BCUT2D eigenvalue weighted by Gasteiger charge is 2.66. The van der Waals surface area contributed by atoms with Crippen LogP contribution in [-0.2, 0) is 4.74 Å². The minimum atomic E-state index is -2.65. The fraction of sp³-hybridized carbons (Fsp3) is 0.513. The van der Waals surface area contributed by atoms with Crippen molar-refractivity contribution in [2.75, 3.05) is 45.9 Å². The van der Waals surface area contributed by atoms with Crippen LogP contribution in [0.4, 0.5) is 17.6 Å². The van der Waals surface area contributed by atoms with Crippen LogP contribution in [0.1, 0.15) is 57.1 Å². The quantitative estimate of drug-likeness (QED) is 0.199. The first-order valence-corrected chi connectivity index (χ1v) is 17.6. The van der Waals surface area contributed by atoms with Gasteiger partial charge in [0.15, 0.2) is 5.83 Å². The monoisotopic (exact) mass is 705 g/mol. The maximum atomic E-state index is 17.3. The first-order valence-electron chi connectivity index (χ1n) is 17.6. The fourth-order valence-electron chi connectivity index (χ4n) is 8.86. The number of aliphatic hydroxyl groups is 1. The lowest BCUT2D eigenvalue weighted by molar-refractivity contribution is -0.0198. The molecule has 0 amide bonds. The summed E-state index contributed by atoms with van der Waals surface area (Å²) in [5.74, 6) is -3.03. The Kier molecular flexibility index (Phi) is 9.13. The predicted octanol–water partition coefficient (Wildman–Crippen LogP) is 6.36. The SMILES string of the molecule is C#Cc1c(F)ccc2cc(O)cc(C3=C(F)C(=NCC45CCCC4N(CC4C(C)C4(F)F)CCC5)/C(=C(\N=C)N4CCOCC(C)(O)C4)C=N3)c12. The summed E-state index contributed by atoms with van der Waals surface area (Å²) in [6, 6.07) is 5.41. The van der Waals surface area contributed by atoms with Crippen molar-refractivity contribution in [1.82, 2.24) is 9.80 Å². The van der Waals surface area contributed by atoms with Crippen LogP contribution < -0.4 is 0 Å². The molecular weight excluding hydrogens is 662 g/mol. The van der Waals surface area contributed by atoms with E-state index < -0.39 is 35.0 Å². The molecule has 0 bridgehead atoms. The van der Waals surface area contributed by atoms with E-state index in [-0.39, 0.29) is 82.8 Å². The summed E-state index contributed by atoms with van der Waals surface area (Å²) >= 11 is 0. The van der Waals surface area contributed by atoms with E-state index in [1.807, 2.05) is 0 Å². The molecule has 2 saturated heterocycles. The third kappa shape index (κ3) is 6.27. The van der Waals surface area contributed by atoms with Gasteiger partial charge in [0.1, 0.15) is 34.4 Å². The number of aliphatic imine (C=N–C) groups is 3. The van der Waals surface area contributed by atoms with Gasteiger partial charge in [0.05, 0.1) is 30.9 Å². The van der Waals surface area contributed by atoms with E-state index in [9.17, 15) is 19.0 Å². The molecule has 5 aliphatic rings. The van der Waals surface area contributed by atoms with Crippen molar-refractivity contribution in [3.8, 4) is 18.1 Å². The molecule has 270 valence electrons. The minimum absolute atomic E-state index is 0.0291. The molecule has 2 N–H and O–H groups in total. The van der Waals surface area contributed by atoms with Gasteiger partial charge < -0.3 is 19.8 Å². The van der Waals surface area contributed by atoms with E-state index in [4.69, 9.17) is 16.2 Å². The highest BCUT2D eigenvalue weighted by Crippen LogP contribution is 2.57. The van der Waals surface area contributed by atoms with Crippen LogP contribution in [0.15, 0.2) is 56.5 Å². The summed E-state index contributed by atoms with van der Waals surface area (Å²) in [5.41, 5.74) is -1.59. The molecule has 8 nitrogen and oxygen atoms in total. The molecule has 0 radical (unpaired) electrons. The average Bonchev–Trinajstić information content (AvgIpc) is 3.37. The van der Waals surface area contributed by atoms with Gasteiger partial charge in [0.2, 0.25) is 0 Å². The number of fused-ring (bicyclic) bond motifs is 2. The largest absolute Gasteiger partial charge is 0.508 e. The fourth-order valence-corrected chi connectivity index (χ4v) is 8.86. The molecule has 2 aromatic rings. The number of likely N-dealkylation sites (tertiary alicyclic amines) is 1. The second-order valence-electron chi connectivity index (χ2n) is 15.0. The number of nitrogens with zero attached hydrogens (tertiary/aromatic N) is 5. The highest BCUT2D eigenvalue weighted by molar-refractivity contribution is 6.29. The minimum Gasteiger partial charge on any atom is -0.508 e. The van der Waals surface area contributed by atoms with Crippen LogP contribution in [0.2, 0.25) is 0 Å². The maximum absolute atomic E-state index is 17.3. The average molecular weight is 706 g/mol. The molecule has 7 rings (SSSR count). The number of hydrogen-bond acceptors (Lipinski definition) is 8. The summed E-state index contributed by atoms with van der Waals surface area (Å²) in [6.45, 7) is 9.15. The Labute approximate surface area is 295 Å². The molecule has 4 fully saturated rings. The molecule has 0 aromatic heterocycles. The van der Waals surface area contributed by atoms with E-state index in [2.05, 4.69) is 27.5 Å². The van der Waals surface area contributed by atoms with Gasteiger partial charge in [-0.2, -0.15) is 0 Å². The van der Waals surface area contributed by atoms with Crippen LogP contribution in [0, 0.1) is 35.4 Å². The van der Waals surface area contributed by atoms with Gasteiger partial charge in [0.25, 0.3) is 5.92 Å². The van der Waals surface area contributed by atoms with Crippen LogP contribution in [0.5, 0.6) is 5.75 Å². The topological polar surface area (TPSA) is 93.3 Å². The van der Waals surface area contributed by atoms with Crippen molar-refractivity contribution in [3.05, 3.63) is 58.4 Å². The van der Waals surface area contributed by atoms with Crippen molar-refractivity contribution in [3.63, 3.8) is 0 Å². The Hall–Kier alpha value is -4.05. The number of piperidine rings is 1. The zero-order valence-corrected chi connectivity index (χ0v) is 28.9. The number of halogens is 4. The van der Waals surface area contributed by atoms with Gasteiger partial charge in [-0.1, -0.05) is 25.3 Å². The summed E-state index contributed by atoms with van der Waals surface area (Å²) in [6.07, 6.45) is 11.4. The standard InChI is InChI=1S/C39H43F4N5O3/c1-5-26-30(40)10-9-24-16-25(49)17-27(32(24)26)34-33(41)35(28(18-45-34)36(44-4)48-14-15-51-22-37(3,50)21-48)46-20-38-11-6-8-31(38)47(13-7-12-38)19-29-23(2)39(29,42)43/h1,9-10,16-18,23,29,31,49-50H,4,6-8,11-15,19-22H2,2-3H3/b36-28+,46-35?. The first-order chi connectivity index (χ1) is 24.3. The summed E-state index contributed by atoms with van der Waals surface area (Å²) in [4.78, 5) is 17.8. The third-order valence-electron chi connectivity index (χ3n) is 11.6. The zero-order chi connectivity index (χ0) is 36.3. The number of ether oxygens (including phenoxy) is 1. The molecule has 2 saturated carbocycles. The lowest BCUT2D eigenvalue weighted by Crippen LogP contribution is -2.51. The van der Waals surface area contributed by atoms with E-state index in [1.165, 1.54) is 30.5 Å². The third-order valence-corrected chi connectivity index (χ3v) is 11.6. The van der Waals surface area contributed by atoms with Gasteiger partial charge in [-0.25, -0.2) is 22.6 Å². The molecule has 0 spiro atoms. The summed E-state index contributed by atoms with van der Waals surface area (Å²) in [5, 5.41) is 22.3. The maximum Gasteiger partial charge on any atom is 0.255 e. The number of benzene rings is 2. The molecule has 3 heterocycles. The summed E-state index contributed by atoms with van der Waals surface area (Å²) < 4.78 is 66.7. The van der Waals surface area contributed by atoms with Crippen LogP contribution in [0.25, 0.3) is 16.5 Å². The molecule has 51 heavy (non-hydrogen) atoms. The van der Waals surface area contributed by atoms with E-state index in [1.54, 1.807) is 18.7 Å². The number of phenolic OH excluding ortho intramolecular Hbond substituents is 1. The molecular formula is C39H43F4N5O3. The molecule has 12 heteroatoms. The number of rotatable bonds is 7. The van der Waals surface area contributed by atoms with Gasteiger partial charge >= 0.3 is 0 Å². The van der Waals surface area contributed by atoms with Gasteiger partial charge in [0, 0.05) is 60.1 Å². The van der Waals surface area contributed by atoms with E-state index >= 15 is 8.78 Å². The number of alkyl halides is 2. The first kappa shape index (κ1) is 35.4. The Morgan fingerprint density at radius 3 is 2.69 bits per heavy atom. The smallest absolute Gasteiger partial charge is 0.255 e. The Balaban J connectivity index is 1.35. The lowest BCUT2D eigenvalue weighted by Gasteiger charge is -2.46. The number of allylic oxidation sites excluding steroid dienone is 2. The number of aromatic hydroxyl groups is 1. The van der Waals surface area contributed by atoms with Gasteiger partial charge in [-0.05, 0) is 69.5 Å². The van der Waals surface area contributed by atoms with Crippen LogP contribution in [0.3, 0.4) is 0 Å². The Morgan fingerprint density at radius 1 is 1.20 bits per heavy atom. The second-order valence-corrected chi connectivity index (χ2v) is 15.0. The van der Waals surface area contributed by atoms with Crippen molar-refractivity contribution in [2.24, 2.45) is 32.2 Å². The Bertz CT molecular complexity index is 1930. The normalized spacial score (nSPS) is 32.5. The zero-order valence-electron chi connectivity index (χ0n) is 28.9. The van der Waals surface area contributed by atoms with Crippen molar-refractivity contribution >= 4 is 35.1 Å². The number of β-amino-alcohol motifs (C(OH)–C–C–N with tert-alkyl or cyclic N) is 1. The van der Waals surface area contributed by atoms with Crippen LogP contribution >= 0.6 is 0 Å². The Morgan fingerprint density at radius 2 is 1.96 bits per heavy atom. The molecule has 2 aliphatic carbocycles. The number of terminal acetylenes is 1. The number of phenols is 1.